The average molecular weight is 303 g/mol. The summed E-state index contributed by atoms with van der Waals surface area (Å²) in [6, 6.07) is 3.96. The Morgan fingerprint density at radius 3 is 2.59 bits per heavy atom. The van der Waals surface area contributed by atoms with E-state index in [4.69, 9.17) is 5.73 Å². The van der Waals surface area contributed by atoms with Crippen LogP contribution in [0.15, 0.2) is 18.3 Å². The van der Waals surface area contributed by atoms with Gasteiger partial charge in [0.2, 0.25) is 5.91 Å². The minimum absolute atomic E-state index is 0.0350. The van der Waals surface area contributed by atoms with Gasteiger partial charge in [-0.3, -0.25) is 14.6 Å². The van der Waals surface area contributed by atoms with Crippen molar-refractivity contribution in [1.82, 2.24) is 10.3 Å². The van der Waals surface area contributed by atoms with Crippen LogP contribution in [0.25, 0.3) is 0 Å². The lowest BCUT2D eigenvalue weighted by molar-refractivity contribution is -0.121. The van der Waals surface area contributed by atoms with Gasteiger partial charge in [0.05, 0.1) is 0 Å². The van der Waals surface area contributed by atoms with E-state index in [1.54, 1.807) is 6.20 Å². The number of ketones is 1. The molecule has 5 heteroatoms. The van der Waals surface area contributed by atoms with Crippen LogP contribution in [-0.4, -0.2) is 29.3 Å². The molecule has 0 bridgehead atoms. The van der Waals surface area contributed by atoms with Gasteiger partial charge in [0, 0.05) is 42.9 Å². The average Bonchev–Trinajstić information content (AvgIpc) is 2.50. The number of rotatable bonds is 6. The number of nitrogens with one attached hydrogen (secondary N) is 1. The predicted octanol–water partition coefficient (Wildman–Crippen LogP) is 1.99. The fraction of sp³-hybridized carbons (Fsp3) is 0.588. The molecule has 1 aliphatic rings. The molecule has 1 saturated carbocycles. The van der Waals surface area contributed by atoms with E-state index in [0.717, 1.165) is 31.4 Å². The molecule has 0 aromatic carbocycles. The van der Waals surface area contributed by atoms with Crippen molar-refractivity contribution in [2.24, 2.45) is 11.7 Å². The number of pyridine rings is 1. The molecule has 120 valence electrons. The maximum atomic E-state index is 12.2. The number of carbonyl (C=O) groups is 2. The molecule has 0 aliphatic heterocycles. The van der Waals surface area contributed by atoms with Crippen molar-refractivity contribution in [3.8, 4) is 0 Å². The summed E-state index contributed by atoms with van der Waals surface area (Å²) in [6.07, 6.45) is 6.49. The molecule has 1 heterocycles. The highest BCUT2D eigenvalue weighted by Gasteiger charge is 2.24. The van der Waals surface area contributed by atoms with Gasteiger partial charge in [-0.25, -0.2) is 0 Å². The lowest BCUT2D eigenvalue weighted by Crippen LogP contribution is -2.38. The van der Waals surface area contributed by atoms with Crippen LogP contribution in [0.2, 0.25) is 0 Å². The summed E-state index contributed by atoms with van der Waals surface area (Å²) in [5.74, 6) is 0.618. The molecule has 2 rings (SSSR count). The predicted molar refractivity (Wildman–Crippen MR) is 85.5 cm³/mol. The van der Waals surface area contributed by atoms with Crippen LogP contribution >= 0.6 is 0 Å². The Hall–Kier alpha value is -1.75. The van der Waals surface area contributed by atoms with Crippen LogP contribution < -0.4 is 11.1 Å². The third-order valence-electron chi connectivity index (χ3n) is 4.29. The molecule has 0 saturated heterocycles. The molecule has 1 aliphatic carbocycles. The number of hydrogen-bond acceptors (Lipinski definition) is 4. The van der Waals surface area contributed by atoms with Gasteiger partial charge in [-0.05, 0) is 50.7 Å². The van der Waals surface area contributed by atoms with Crippen molar-refractivity contribution in [3.63, 3.8) is 0 Å². The highest BCUT2D eigenvalue weighted by molar-refractivity contribution is 5.95. The van der Waals surface area contributed by atoms with Crippen molar-refractivity contribution in [2.75, 3.05) is 6.54 Å². The summed E-state index contributed by atoms with van der Waals surface area (Å²) in [5.41, 5.74) is 6.99. The van der Waals surface area contributed by atoms with E-state index < -0.39 is 0 Å². The zero-order valence-corrected chi connectivity index (χ0v) is 13.2. The van der Waals surface area contributed by atoms with E-state index in [9.17, 15) is 9.59 Å². The summed E-state index contributed by atoms with van der Waals surface area (Å²) >= 11 is 0. The SMILES string of the molecule is Cc1ccc(C(=O)CC2CCC(NC(=O)CCN)CC2)cn1. The molecule has 0 unspecified atom stereocenters. The lowest BCUT2D eigenvalue weighted by Gasteiger charge is -2.28. The number of aryl methyl sites for hydroxylation is 1. The zero-order chi connectivity index (χ0) is 15.9. The molecule has 22 heavy (non-hydrogen) atoms. The molecule has 1 amide bonds. The Bertz CT molecular complexity index is 505. The van der Waals surface area contributed by atoms with E-state index in [2.05, 4.69) is 10.3 Å². The van der Waals surface area contributed by atoms with Crippen LogP contribution in [0.5, 0.6) is 0 Å². The van der Waals surface area contributed by atoms with Crippen molar-refractivity contribution in [1.29, 1.82) is 0 Å². The number of hydrogen-bond donors (Lipinski definition) is 2. The number of nitrogens with zero attached hydrogens (tertiary/aromatic N) is 1. The smallest absolute Gasteiger partial charge is 0.221 e. The molecule has 1 aromatic rings. The number of amides is 1. The minimum atomic E-state index is 0.0350. The Labute approximate surface area is 131 Å². The number of aromatic nitrogens is 1. The fourth-order valence-corrected chi connectivity index (χ4v) is 2.95. The van der Waals surface area contributed by atoms with Crippen LogP contribution in [0, 0.1) is 12.8 Å². The second-order valence-corrected chi connectivity index (χ2v) is 6.14. The minimum Gasteiger partial charge on any atom is -0.353 e. The Morgan fingerprint density at radius 1 is 1.27 bits per heavy atom. The quantitative estimate of drug-likeness (QED) is 0.787. The number of carbonyl (C=O) groups excluding carboxylic acids is 2. The third kappa shape index (κ3) is 4.91. The molecule has 0 radical (unpaired) electrons. The normalized spacial score (nSPS) is 21.4. The van der Waals surface area contributed by atoms with E-state index in [1.807, 2.05) is 19.1 Å². The molecule has 3 N–H and O–H groups in total. The fourth-order valence-electron chi connectivity index (χ4n) is 2.95. The number of nitrogens with two attached hydrogens (primary N) is 1. The monoisotopic (exact) mass is 303 g/mol. The summed E-state index contributed by atoms with van der Waals surface area (Å²) in [5, 5.41) is 3.02. The Morgan fingerprint density at radius 2 is 2.00 bits per heavy atom. The first kappa shape index (κ1) is 16.6. The molecule has 0 spiro atoms. The third-order valence-corrected chi connectivity index (χ3v) is 4.29. The van der Waals surface area contributed by atoms with E-state index >= 15 is 0 Å². The Balaban J connectivity index is 1.76. The van der Waals surface area contributed by atoms with Gasteiger partial charge in [0.1, 0.15) is 0 Å². The molecule has 1 aromatic heterocycles. The van der Waals surface area contributed by atoms with Crippen LogP contribution in [-0.2, 0) is 4.79 Å². The van der Waals surface area contributed by atoms with Crippen molar-refractivity contribution in [2.45, 2.75) is 51.5 Å². The van der Waals surface area contributed by atoms with E-state index in [0.29, 0.717) is 30.9 Å². The van der Waals surface area contributed by atoms with Crippen molar-refractivity contribution >= 4 is 11.7 Å². The summed E-state index contributed by atoms with van der Waals surface area (Å²) < 4.78 is 0. The Kier molecular flexibility index (Phi) is 6.07. The highest BCUT2D eigenvalue weighted by atomic mass is 16.1. The first-order valence-corrected chi connectivity index (χ1v) is 8.03. The van der Waals surface area contributed by atoms with Crippen LogP contribution in [0.3, 0.4) is 0 Å². The zero-order valence-electron chi connectivity index (χ0n) is 13.2. The van der Waals surface area contributed by atoms with Gasteiger partial charge in [-0.2, -0.15) is 0 Å². The first-order valence-electron chi connectivity index (χ1n) is 8.03. The second-order valence-electron chi connectivity index (χ2n) is 6.14. The number of Topliss-reactive ketones (excluding diaryl/α,β-unsaturated/α-hetero) is 1. The summed E-state index contributed by atoms with van der Waals surface area (Å²) in [6.45, 7) is 2.30. The summed E-state index contributed by atoms with van der Waals surface area (Å²) in [4.78, 5) is 28.0. The second kappa shape index (κ2) is 8.03. The highest BCUT2D eigenvalue weighted by Crippen LogP contribution is 2.28. The van der Waals surface area contributed by atoms with Crippen molar-refractivity contribution in [3.05, 3.63) is 29.6 Å². The van der Waals surface area contributed by atoms with E-state index in [1.165, 1.54) is 0 Å². The molecular formula is C17H25N3O2. The molecule has 5 nitrogen and oxygen atoms in total. The lowest BCUT2D eigenvalue weighted by atomic mass is 9.82. The molecule has 0 atom stereocenters. The van der Waals surface area contributed by atoms with Crippen molar-refractivity contribution < 1.29 is 9.59 Å². The maximum absolute atomic E-state index is 12.2. The standard InChI is InChI=1S/C17H25N3O2/c1-12-2-5-14(11-19-12)16(21)10-13-3-6-15(7-4-13)20-17(22)8-9-18/h2,5,11,13,15H,3-4,6-10,18H2,1H3,(H,20,22). The molecular weight excluding hydrogens is 278 g/mol. The van der Waals surface area contributed by atoms with E-state index in [-0.39, 0.29) is 17.7 Å². The van der Waals surface area contributed by atoms with Gasteiger partial charge in [-0.15, -0.1) is 0 Å². The van der Waals surface area contributed by atoms with Gasteiger partial charge in [0.15, 0.2) is 5.78 Å². The molecule has 1 fully saturated rings. The van der Waals surface area contributed by atoms with Gasteiger partial charge in [0.25, 0.3) is 0 Å². The topological polar surface area (TPSA) is 85.1 Å². The van der Waals surface area contributed by atoms with Crippen LogP contribution in [0.4, 0.5) is 0 Å². The van der Waals surface area contributed by atoms with Gasteiger partial charge in [-0.1, -0.05) is 0 Å². The van der Waals surface area contributed by atoms with Crippen LogP contribution in [0.1, 0.15) is 54.6 Å². The maximum Gasteiger partial charge on any atom is 0.221 e. The largest absolute Gasteiger partial charge is 0.353 e. The van der Waals surface area contributed by atoms with Gasteiger partial charge < -0.3 is 11.1 Å². The first-order chi connectivity index (χ1) is 10.6. The van der Waals surface area contributed by atoms with Gasteiger partial charge >= 0.3 is 0 Å². The summed E-state index contributed by atoms with van der Waals surface area (Å²) in [7, 11) is 0.